The lowest BCUT2D eigenvalue weighted by atomic mass is 9.78. The minimum absolute atomic E-state index is 0.108. The van der Waals surface area contributed by atoms with Gasteiger partial charge in [0.1, 0.15) is 0 Å². The summed E-state index contributed by atoms with van der Waals surface area (Å²) in [6.07, 6.45) is 5.55. The zero-order valence-electron chi connectivity index (χ0n) is 15.5. The molecule has 1 aromatic rings. The number of likely N-dealkylation sites (tertiary alicyclic amines) is 2. The molecule has 4 heteroatoms. The predicted molar refractivity (Wildman–Crippen MR) is 99.2 cm³/mol. The van der Waals surface area contributed by atoms with Gasteiger partial charge in [0.2, 0.25) is 11.8 Å². The highest BCUT2D eigenvalue weighted by atomic mass is 16.2. The molecule has 2 amide bonds. The molecule has 136 valence electrons. The van der Waals surface area contributed by atoms with Gasteiger partial charge in [-0.25, -0.2) is 0 Å². The number of fused-ring (bicyclic) bond motifs is 1. The first-order valence-electron chi connectivity index (χ1n) is 9.75. The molecule has 3 rings (SSSR count). The fourth-order valence-corrected chi connectivity index (χ4v) is 4.70. The molecule has 2 saturated heterocycles. The Labute approximate surface area is 151 Å². The van der Waals surface area contributed by atoms with E-state index in [2.05, 4.69) is 41.0 Å². The second-order valence-electron chi connectivity index (χ2n) is 7.41. The summed E-state index contributed by atoms with van der Waals surface area (Å²) in [5.41, 5.74) is 1.30. The Bertz CT molecular complexity index is 601. The summed E-state index contributed by atoms with van der Waals surface area (Å²) in [6.45, 7) is 5.36. The van der Waals surface area contributed by atoms with Gasteiger partial charge in [-0.2, -0.15) is 0 Å². The Balaban J connectivity index is 1.97. The number of rotatable bonds is 3. The van der Waals surface area contributed by atoms with Crippen LogP contribution in [-0.2, 0) is 9.59 Å². The van der Waals surface area contributed by atoms with Gasteiger partial charge < -0.3 is 9.80 Å². The topological polar surface area (TPSA) is 40.6 Å². The third-order valence-electron chi connectivity index (χ3n) is 5.81. The first kappa shape index (κ1) is 18.0. The van der Waals surface area contributed by atoms with Crippen LogP contribution < -0.4 is 0 Å². The van der Waals surface area contributed by atoms with E-state index in [1.54, 1.807) is 6.92 Å². The third kappa shape index (κ3) is 3.73. The molecule has 0 N–H and O–H groups in total. The van der Waals surface area contributed by atoms with E-state index < -0.39 is 0 Å². The molecule has 0 aliphatic carbocycles. The van der Waals surface area contributed by atoms with Crippen LogP contribution in [0.3, 0.4) is 0 Å². The summed E-state index contributed by atoms with van der Waals surface area (Å²) in [7, 11) is 0. The van der Waals surface area contributed by atoms with Crippen LogP contribution in [0, 0.1) is 0 Å². The van der Waals surface area contributed by atoms with E-state index in [4.69, 9.17) is 0 Å². The van der Waals surface area contributed by atoms with Crippen LogP contribution in [0.2, 0.25) is 0 Å². The number of carbonyl (C=O) groups is 2. The number of hydrogen-bond donors (Lipinski definition) is 0. The van der Waals surface area contributed by atoms with Crippen molar-refractivity contribution in [3.05, 3.63) is 35.9 Å². The van der Waals surface area contributed by atoms with E-state index in [0.717, 1.165) is 45.2 Å². The van der Waals surface area contributed by atoms with Crippen molar-refractivity contribution in [3.8, 4) is 0 Å². The number of carbonyl (C=O) groups excluding carboxylic acids is 2. The molecule has 0 aromatic heterocycles. The highest BCUT2D eigenvalue weighted by Crippen LogP contribution is 2.39. The Hall–Kier alpha value is -1.84. The molecule has 0 radical (unpaired) electrons. The zero-order valence-corrected chi connectivity index (χ0v) is 15.5. The minimum Gasteiger partial charge on any atom is -0.338 e. The lowest BCUT2D eigenvalue weighted by Gasteiger charge is -2.49. The van der Waals surface area contributed by atoms with Crippen LogP contribution in [0.4, 0.5) is 0 Å². The van der Waals surface area contributed by atoms with Crippen molar-refractivity contribution in [1.29, 1.82) is 0 Å². The molecular formula is C21H30N2O2. The van der Waals surface area contributed by atoms with E-state index in [1.165, 1.54) is 5.56 Å². The predicted octanol–water partition coefficient (Wildman–Crippen LogP) is 3.57. The average Bonchev–Trinajstić information content (AvgIpc) is 2.85. The summed E-state index contributed by atoms with van der Waals surface area (Å²) in [6, 6.07) is 10.8. The van der Waals surface area contributed by atoms with Gasteiger partial charge in [0.05, 0.1) is 12.1 Å². The molecule has 2 aliphatic heterocycles. The zero-order chi connectivity index (χ0) is 17.8. The molecule has 4 nitrogen and oxygen atoms in total. The fraction of sp³-hybridized carbons (Fsp3) is 0.619. The van der Waals surface area contributed by atoms with Crippen LogP contribution in [0.5, 0.6) is 0 Å². The molecule has 2 heterocycles. The van der Waals surface area contributed by atoms with Crippen molar-refractivity contribution in [2.24, 2.45) is 0 Å². The Morgan fingerprint density at radius 3 is 2.48 bits per heavy atom. The van der Waals surface area contributed by atoms with Crippen LogP contribution in [0.25, 0.3) is 0 Å². The Morgan fingerprint density at radius 2 is 1.80 bits per heavy atom. The molecule has 3 atom stereocenters. The van der Waals surface area contributed by atoms with Crippen molar-refractivity contribution in [2.45, 2.75) is 70.4 Å². The fourth-order valence-electron chi connectivity index (χ4n) is 4.70. The van der Waals surface area contributed by atoms with E-state index in [-0.39, 0.29) is 23.9 Å². The lowest BCUT2D eigenvalue weighted by molar-refractivity contribution is -0.143. The van der Waals surface area contributed by atoms with Gasteiger partial charge in [0, 0.05) is 32.4 Å². The maximum absolute atomic E-state index is 12.7. The van der Waals surface area contributed by atoms with Crippen LogP contribution in [0.15, 0.2) is 30.3 Å². The van der Waals surface area contributed by atoms with Crippen molar-refractivity contribution >= 4 is 11.8 Å². The Morgan fingerprint density at radius 1 is 1.04 bits per heavy atom. The van der Waals surface area contributed by atoms with Crippen LogP contribution in [0.1, 0.15) is 63.9 Å². The highest BCUT2D eigenvalue weighted by Gasteiger charge is 2.44. The monoisotopic (exact) mass is 342 g/mol. The minimum atomic E-state index is 0.108. The normalized spacial score (nSPS) is 26.7. The molecule has 2 aliphatic rings. The number of hydrogen-bond acceptors (Lipinski definition) is 2. The van der Waals surface area contributed by atoms with Gasteiger partial charge in [-0.15, -0.1) is 0 Å². The van der Waals surface area contributed by atoms with Crippen molar-refractivity contribution in [3.63, 3.8) is 0 Å². The molecule has 1 aromatic carbocycles. The van der Waals surface area contributed by atoms with Gasteiger partial charge in [0.25, 0.3) is 0 Å². The second kappa shape index (κ2) is 8.03. The lowest BCUT2D eigenvalue weighted by Crippen LogP contribution is -2.60. The summed E-state index contributed by atoms with van der Waals surface area (Å²) >= 11 is 0. The quantitative estimate of drug-likeness (QED) is 0.842. The molecule has 0 spiro atoms. The molecule has 25 heavy (non-hydrogen) atoms. The van der Waals surface area contributed by atoms with Crippen molar-refractivity contribution in [1.82, 2.24) is 9.80 Å². The van der Waals surface area contributed by atoms with Gasteiger partial charge in [0.15, 0.2) is 0 Å². The molecule has 0 saturated carbocycles. The van der Waals surface area contributed by atoms with Crippen LogP contribution in [-0.4, -0.2) is 46.8 Å². The number of amides is 2. The number of piperidine rings is 1. The maximum Gasteiger partial charge on any atom is 0.222 e. The first-order valence-corrected chi connectivity index (χ1v) is 9.75. The summed E-state index contributed by atoms with van der Waals surface area (Å²) in [5, 5.41) is 0. The number of benzene rings is 1. The van der Waals surface area contributed by atoms with Gasteiger partial charge in [-0.05, 0) is 37.7 Å². The second-order valence-corrected chi connectivity index (χ2v) is 7.41. The van der Waals surface area contributed by atoms with Gasteiger partial charge >= 0.3 is 0 Å². The van der Waals surface area contributed by atoms with E-state index in [1.807, 2.05) is 6.07 Å². The van der Waals surface area contributed by atoms with Crippen LogP contribution >= 0.6 is 0 Å². The standard InChI is InChI=1S/C21H30N2O2/c1-3-9-20(25)23-15-13-18(17-10-5-4-6-11-17)21-19(23)12-7-8-14-22(21)16(2)24/h4-6,10-11,18-19,21H,3,7-9,12-15H2,1-2H3/t18-,19-,21-/m1/s1. The average molecular weight is 342 g/mol. The summed E-state index contributed by atoms with van der Waals surface area (Å²) < 4.78 is 0. The van der Waals surface area contributed by atoms with E-state index in [0.29, 0.717) is 12.3 Å². The van der Waals surface area contributed by atoms with E-state index >= 15 is 0 Å². The Kier molecular flexibility index (Phi) is 5.77. The molecule has 0 unspecified atom stereocenters. The molecule has 0 bridgehead atoms. The largest absolute Gasteiger partial charge is 0.338 e. The smallest absolute Gasteiger partial charge is 0.222 e. The van der Waals surface area contributed by atoms with Gasteiger partial charge in [-0.3, -0.25) is 9.59 Å². The summed E-state index contributed by atoms with van der Waals surface area (Å²) in [5.74, 6) is 0.718. The van der Waals surface area contributed by atoms with Gasteiger partial charge in [-0.1, -0.05) is 37.3 Å². The van der Waals surface area contributed by atoms with Crippen molar-refractivity contribution < 1.29 is 9.59 Å². The van der Waals surface area contributed by atoms with E-state index in [9.17, 15) is 9.59 Å². The molecular weight excluding hydrogens is 312 g/mol. The highest BCUT2D eigenvalue weighted by molar-refractivity contribution is 5.77. The SMILES string of the molecule is CCCC(=O)N1CC[C@H](c2ccccc2)[C@@H]2[C@H]1CCCCN2C(C)=O. The maximum atomic E-state index is 12.7. The van der Waals surface area contributed by atoms with Crippen molar-refractivity contribution in [2.75, 3.05) is 13.1 Å². The molecule has 2 fully saturated rings. The summed E-state index contributed by atoms with van der Waals surface area (Å²) in [4.78, 5) is 29.3. The first-order chi connectivity index (χ1) is 12.1. The third-order valence-corrected chi connectivity index (χ3v) is 5.81. The number of nitrogens with zero attached hydrogens (tertiary/aromatic N) is 2.